The minimum atomic E-state index is -0.339. The molecule has 1 amide bonds. The molecule has 0 aliphatic carbocycles. The minimum Gasteiger partial charge on any atom is -0.368 e. The van der Waals surface area contributed by atoms with Crippen molar-refractivity contribution in [2.24, 2.45) is 18.7 Å². The molecule has 1 atom stereocenters. The Morgan fingerprint density at radius 3 is 2.50 bits per heavy atom. The van der Waals surface area contributed by atoms with E-state index in [1.807, 2.05) is 32.4 Å². The summed E-state index contributed by atoms with van der Waals surface area (Å²) >= 11 is 0. The van der Waals surface area contributed by atoms with Gasteiger partial charge in [0.25, 0.3) is 0 Å². The molecule has 1 aromatic rings. The van der Waals surface area contributed by atoms with Gasteiger partial charge in [0.15, 0.2) is 0 Å². The smallest absolute Gasteiger partial charge is 0.234 e. The fraction of sp³-hybridized carbons (Fsp3) is 0.700. The molecule has 6 nitrogen and oxygen atoms in total. The molecular weight excluding hydrogens is 206 g/mol. The van der Waals surface area contributed by atoms with E-state index in [9.17, 15) is 4.79 Å². The fourth-order valence-corrected chi connectivity index (χ4v) is 1.47. The Morgan fingerprint density at radius 1 is 1.50 bits per heavy atom. The third-order valence-corrected chi connectivity index (χ3v) is 2.64. The van der Waals surface area contributed by atoms with Crippen LogP contribution in [-0.4, -0.2) is 26.7 Å². The van der Waals surface area contributed by atoms with Crippen LogP contribution in [0.25, 0.3) is 0 Å². The Bertz CT molecular complexity index is 371. The van der Waals surface area contributed by atoms with Crippen LogP contribution in [-0.2, 0) is 18.4 Å². The van der Waals surface area contributed by atoms with Gasteiger partial charge in [0.2, 0.25) is 5.91 Å². The number of nitrogens with one attached hydrogen (secondary N) is 1. The van der Waals surface area contributed by atoms with Gasteiger partial charge < -0.3 is 10.3 Å². The van der Waals surface area contributed by atoms with Crippen molar-refractivity contribution < 1.29 is 4.79 Å². The molecule has 1 aromatic heterocycles. The molecule has 0 aromatic carbocycles. The van der Waals surface area contributed by atoms with Crippen molar-refractivity contribution in [3.63, 3.8) is 0 Å². The Hall–Kier alpha value is -1.43. The highest BCUT2D eigenvalue weighted by Crippen LogP contribution is 2.03. The van der Waals surface area contributed by atoms with Crippen LogP contribution >= 0.6 is 0 Å². The topological polar surface area (TPSA) is 85.8 Å². The molecule has 0 saturated carbocycles. The van der Waals surface area contributed by atoms with Crippen molar-refractivity contribution in [2.75, 3.05) is 0 Å². The van der Waals surface area contributed by atoms with Gasteiger partial charge in [-0.15, -0.1) is 10.2 Å². The van der Waals surface area contributed by atoms with E-state index in [0.29, 0.717) is 6.54 Å². The summed E-state index contributed by atoms with van der Waals surface area (Å²) in [6.45, 7) is 6.27. The zero-order valence-corrected chi connectivity index (χ0v) is 10.2. The van der Waals surface area contributed by atoms with E-state index in [1.54, 1.807) is 0 Å². The van der Waals surface area contributed by atoms with Crippen molar-refractivity contribution in [1.29, 1.82) is 0 Å². The van der Waals surface area contributed by atoms with Gasteiger partial charge in [-0.25, -0.2) is 0 Å². The normalized spacial score (nSPS) is 13.1. The summed E-state index contributed by atoms with van der Waals surface area (Å²) in [6, 6.07) is -0.336. The molecule has 0 saturated heterocycles. The minimum absolute atomic E-state index is 0.159. The molecule has 6 heteroatoms. The number of amides is 1. The summed E-state index contributed by atoms with van der Waals surface area (Å²) in [5.74, 6) is 1.46. The molecule has 0 fully saturated rings. The Morgan fingerprint density at radius 2 is 2.12 bits per heavy atom. The van der Waals surface area contributed by atoms with Gasteiger partial charge in [-0.05, 0) is 12.8 Å². The van der Waals surface area contributed by atoms with Crippen LogP contribution in [0.1, 0.15) is 25.5 Å². The standard InChI is InChI=1S/C10H19N5O/c1-6(2)9(10(11)16)12-5-8-14-13-7(3)15(8)4/h6,9,12H,5H2,1-4H3,(H2,11,16). The van der Waals surface area contributed by atoms with Crippen LogP contribution in [0.3, 0.4) is 0 Å². The van der Waals surface area contributed by atoms with Gasteiger partial charge in [-0.3, -0.25) is 10.1 Å². The van der Waals surface area contributed by atoms with Gasteiger partial charge in [0, 0.05) is 7.05 Å². The highest BCUT2D eigenvalue weighted by atomic mass is 16.1. The van der Waals surface area contributed by atoms with E-state index < -0.39 is 0 Å². The largest absolute Gasteiger partial charge is 0.368 e. The van der Waals surface area contributed by atoms with Gasteiger partial charge >= 0.3 is 0 Å². The molecule has 1 rings (SSSR count). The number of primary amides is 1. The molecule has 1 unspecified atom stereocenters. The highest BCUT2D eigenvalue weighted by molar-refractivity contribution is 5.80. The third kappa shape index (κ3) is 2.79. The second kappa shape index (κ2) is 5.07. The lowest BCUT2D eigenvalue weighted by Gasteiger charge is -2.18. The van der Waals surface area contributed by atoms with E-state index in [4.69, 9.17) is 5.73 Å². The molecule has 0 bridgehead atoms. The second-order valence-electron chi connectivity index (χ2n) is 4.23. The van der Waals surface area contributed by atoms with Gasteiger partial charge in [0.1, 0.15) is 11.6 Å². The fourth-order valence-electron chi connectivity index (χ4n) is 1.47. The molecule has 1 heterocycles. The quantitative estimate of drug-likeness (QED) is 0.722. The molecule has 0 aliphatic rings. The summed E-state index contributed by atoms with van der Waals surface area (Å²) in [7, 11) is 1.89. The lowest BCUT2D eigenvalue weighted by Crippen LogP contribution is -2.44. The van der Waals surface area contributed by atoms with Crippen molar-refractivity contribution in [2.45, 2.75) is 33.4 Å². The first kappa shape index (κ1) is 12.6. The van der Waals surface area contributed by atoms with Crippen LogP contribution in [0.5, 0.6) is 0 Å². The molecule has 3 N–H and O–H groups in total. The van der Waals surface area contributed by atoms with E-state index in [-0.39, 0.29) is 17.9 Å². The number of carbonyl (C=O) groups excluding carboxylic acids is 1. The Balaban J connectivity index is 2.62. The summed E-state index contributed by atoms with van der Waals surface area (Å²) in [4.78, 5) is 11.2. The average molecular weight is 225 g/mol. The molecule has 90 valence electrons. The molecule has 16 heavy (non-hydrogen) atoms. The predicted octanol–water partition coefficient (Wildman–Crippen LogP) is -0.277. The first-order valence-corrected chi connectivity index (χ1v) is 5.31. The van der Waals surface area contributed by atoms with E-state index in [0.717, 1.165) is 11.6 Å². The van der Waals surface area contributed by atoms with Crippen molar-refractivity contribution in [1.82, 2.24) is 20.1 Å². The first-order valence-electron chi connectivity index (χ1n) is 5.31. The molecule has 0 spiro atoms. The monoisotopic (exact) mass is 225 g/mol. The third-order valence-electron chi connectivity index (χ3n) is 2.64. The van der Waals surface area contributed by atoms with Gasteiger partial charge in [0.05, 0.1) is 12.6 Å². The van der Waals surface area contributed by atoms with Crippen molar-refractivity contribution in [3.05, 3.63) is 11.6 Å². The van der Waals surface area contributed by atoms with Gasteiger partial charge in [-0.2, -0.15) is 0 Å². The summed E-state index contributed by atoms with van der Waals surface area (Å²) in [6.07, 6.45) is 0. The number of nitrogens with two attached hydrogens (primary N) is 1. The maximum atomic E-state index is 11.2. The number of aromatic nitrogens is 3. The average Bonchev–Trinajstić information content (AvgIpc) is 2.48. The molecular formula is C10H19N5O. The summed E-state index contributed by atoms with van der Waals surface area (Å²) in [5.41, 5.74) is 5.30. The van der Waals surface area contributed by atoms with Crippen LogP contribution in [0.4, 0.5) is 0 Å². The van der Waals surface area contributed by atoms with Crippen molar-refractivity contribution >= 4 is 5.91 Å². The summed E-state index contributed by atoms with van der Waals surface area (Å²) in [5, 5.41) is 11.0. The van der Waals surface area contributed by atoms with Crippen molar-refractivity contribution in [3.8, 4) is 0 Å². The van der Waals surface area contributed by atoms with Gasteiger partial charge in [-0.1, -0.05) is 13.8 Å². The van der Waals surface area contributed by atoms with Crippen LogP contribution in [0.2, 0.25) is 0 Å². The van der Waals surface area contributed by atoms with E-state index >= 15 is 0 Å². The molecule has 0 radical (unpaired) electrons. The van der Waals surface area contributed by atoms with E-state index in [1.165, 1.54) is 0 Å². The predicted molar refractivity (Wildman–Crippen MR) is 60.4 cm³/mol. The first-order chi connectivity index (χ1) is 7.43. The van der Waals surface area contributed by atoms with Crippen LogP contribution in [0.15, 0.2) is 0 Å². The second-order valence-corrected chi connectivity index (χ2v) is 4.23. The Labute approximate surface area is 95.2 Å². The van der Waals surface area contributed by atoms with Crippen LogP contribution < -0.4 is 11.1 Å². The maximum absolute atomic E-state index is 11.2. The summed E-state index contributed by atoms with van der Waals surface area (Å²) < 4.78 is 1.88. The number of hydrogen-bond donors (Lipinski definition) is 2. The molecule has 0 aliphatic heterocycles. The van der Waals surface area contributed by atoms with Crippen LogP contribution in [0, 0.1) is 12.8 Å². The number of nitrogens with zero attached hydrogens (tertiary/aromatic N) is 3. The highest BCUT2D eigenvalue weighted by Gasteiger charge is 2.19. The van der Waals surface area contributed by atoms with E-state index in [2.05, 4.69) is 15.5 Å². The zero-order chi connectivity index (χ0) is 12.3. The number of hydrogen-bond acceptors (Lipinski definition) is 4. The maximum Gasteiger partial charge on any atom is 0.234 e. The number of rotatable bonds is 5. The number of carbonyl (C=O) groups is 1. The SMILES string of the molecule is Cc1nnc(CNC(C(N)=O)C(C)C)n1C. The lowest BCUT2D eigenvalue weighted by atomic mass is 10.0. The number of aryl methyl sites for hydroxylation is 1. The lowest BCUT2D eigenvalue weighted by molar-refractivity contribution is -0.121. The Kier molecular flexibility index (Phi) is 4.00. The zero-order valence-electron chi connectivity index (χ0n) is 10.2.